The van der Waals surface area contributed by atoms with Gasteiger partial charge in [0.2, 0.25) is 5.76 Å². The number of nitrogens with zero attached hydrogens (tertiary/aromatic N) is 1. The van der Waals surface area contributed by atoms with Crippen LogP contribution < -0.4 is 5.32 Å². The molecule has 1 aliphatic carbocycles. The highest BCUT2D eigenvalue weighted by Gasteiger charge is 2.36. The fourth-order valence-electron chi connectivity index (χ4n) is 2.75. The first-order chi connectivity index (χ1) is 8.56. The lowest BCUT2D eigenvalue weighted by Gasteiger charge is -2.39. The Kier molecular flexibility index (Phi) is 4.10. The van der Waals surface area contributed by atoms with E-state index in [1.54, 1.807) is 6.92 Å². The number of aryl methyl sites for hydroxylation is 1. The number of rotatable bonds is 3. The minimum absolute atomic E-state index is 0.145. The molecule has 4 nitrogen and oxygen atoms in total. The zero-order chi connectivity index (χ0) is 13.2. The van der Waals surface area contributed by atoms with E-state index in [1.165, 1.54) is 12.8 Å². The third kappa shape index (κ3) is 2.76. The lowest BCUT2D eigenvalue weighted by atomic mass is 9.77. The number of alkyl halides is 1. The molecule has 1 heterocycles. The van der Waals surface area contributed by atoms with Gasteiger partial charge in [-0.25, -0.2) is 4.98 Å². The van der Waals surface area contributed by atoms with Gasteiger partial charge in [0, 0.05) is 5.33 Å². The van der Waals surface area contributed by atoms with Crippen LogP contribution in [0.2, 0.25) is 0 Å². The Balaban J connectivity index is 2.11. The van der Waals surface area contributed by atoms with Crippen molar-refractivity contribution in [3.63, 3.8) is 0 Å². The van der Waals surface area contributed by atoms with E-state index in [1.807, 2.05) is 0 Å². The van der Waals surface area contributed by atoms with Gasteiger partial charge in [-0.05, 0) is 25.7 Å². The topological polar surface area (TPSA) is 55.1 Å². The highest BCUT2D eigenvalue weighted by atomic mass is 79.9. The highest BCUT2D eigenvalue weighted by molar-refractivity contribution is 9.09. The number of halogens is 1. The number of nitrogens with one attached hydrogen (secondary N) is 1. The first kappa shape index (κ1) is 13.6. The lowest BCUT2D eigenvalue weighted by Crippen LogP contribution is -2.52. The molecule has 1 N–H and O–H groups in total. The van der Waals surface area contributed by atoms with Crippen molar-refractivity contribution in [2.24, 2.45) is 5.92 Å². The summed E-state index contributed by atoms with van der Waals surface area (Å²) in [5.41, 5.74) is 0.495. The van der Waals surface area contributed by atoms with Crippen LogP contribution in [0.25, 0.3) is 0 Å². The molecular formula is C13H19BrN2O2. The third-order valence-electron chi connectivity index (χ3n) is 3.68. The van der Waals surface area contributed by atoms with Crippen LogP contribution in [0, 0.1) is 12.8 Å². The molecule has 0 radical (unpaired) electrons. The van der Waals surface area contributed by atoms with E-state index in [4.69, 9.17) is 4.42 Å². The average Bonchev–Trinajstić information content (AvgIpc) is 2.75. The summed E-state index contributed by atoms with van der Waals surface area (Å²) >= 11 is 3.54. The van der Waals surface area contributed by atoms with Crippen LogP contribution in [-0.2, 0) is 0 Å². The molecule has 1 saturated carbocycles. The Labute approximate surface area is 116 Å². The van der Waals surface area contributed by atoms with Gasteiger partial charge in [-0.1, -0.05) is 35.7 Å². The Bertz CT molecular complexity index is 432. The predicted octanol–water partition coefficient (Wildman–Crippen LogP) is 3.06. The molecule has 0 spiro atoms. The van der Waals surface area contributed by atoms with Gasteiger partial charge in [0.25, 0.3) is 5.91 Å². The van der Waals surface area contributed by atoms with Gasteiger partial charge in [-0.15, -0.1) is 0 Å². The molecule has 2 unspecified atom stereocenters. The molecule has 2 rings (SSSR count). The van der Waals surface area contributed by atoms with Crippen molar-refractivity contribution < 1.29 is 9.21 Å². The van der Waals surface area contributed by atoms with Crippen molar-refractivity contribution in [3.8, 4) is 0 Å². The molecule has 1 aliphatic rings. The van der Waals surface area contributed by atoms with Crippen LogP contribution in [0.5, 0.6) is 0 Å². The average molecular weight is 315 g/mol. The molecule has 0 bridgehead atoms. The number of carbonyl (C=O) groups is 1. The van der Waals surface area contributed by atoms with Gasteiger partial charge in [0.05, 0.1) is 11.2 Å². The number of oxazole rings is 1. The minimum atomic E-state index is -0.154. The summed E-state index contributed by atoms with van der Waals surface area (Å²) in [5.74, 6) is 0.819. The standard InChI is InChI=1S/C13H19BrN2O2/c1-9-4-3-5-13(6-9,7-14)16-12(17)11-10(2)15-8-18-11/h8-9H,3-7H2,1-2H3,(H,16,17). The van der Waals surface area contributed by atoms with E-state index in [2.05, 4.69) is 33.2 Å². The SMILES string of the molecule is Cc1ncoc1C(=O)NC1(CBr)CCCC(C)C1. The quantitative estimate of drug-likeness (QED) is 0.872. The van der Waals surface area contributed by atoms with Gasteiger partial charge in [-0.2, -0.15) is 0 Å². The largest absolute Gasteiger partial charge is 0.438 e. The Morgan fingerprint density at radius 3 is 3.06 bits per heavy atom. The van der Waals surface area contributed by atoms with Crippen molar-refractivity contribution in [2.45, 2.75) is 45.1 Å². The molecule has 0 aromatic carbocycles. The van der Waals surface area contributed by atoms with Gasteiger partial charge in [-0.3, -0.25) is 4.79 Å². The lowest BCUT2D eigenvalue weighted by molar-refractivity contribution is 0.0840. The zero-order valence-corrected chi connectivity index (χ0v) is 12.4. The van der Waals surface area contributed by atoms with Crippen LogP contribution in [0.1, 0.15) is 48.9 Å². The number of hydrogen-bond donors (Lipinski definition) is 1. The second-order valence-corrected chi connectivity index (χ2v) is 5.90. The van der Waals surface area contributed by atoms with Crippen LogP contribution in [0.3, 0.4) is 0 Å². The Hall–Kier alpha value is -0.840. The molecule has 1 aromatic rings. The van der Waals surface area contributed by atoms with E-state index in [9.17, 15) is 4.79 Å². The molecule has 100 valence electrons. The summed E-state index contributed by atoms with van der Waals surface area (Å²) < 4.78 is 5.15. The first-order valence-electron chi connectivity index (χ1n) is 6.35. The van der Waals surface area contributed by atoms with Crippen molar-refractivity contribution in [1.82, 2.24) is 10.3 Å². The molecule has 2 atom stereocenters. The molecule has 1 aromatic heterocycles. The first-order valence-corrected chi connectivity index (χ1v) is 7.47. The van der Waals surface area contributed by atoms with Crippen LogP contribution in [0.4, 0.5) is 0 Å². The molecule has 0 aliphatic heterocycles. The molecule has 5 heteroatoms. The van der Waals surface area contributed by atoms with Crippen molar-refractivity contribution in [1.29, 1.82) is 0 Å². The van der Waals surface area contributed by atoms with Gasteiger partial charge in [0.15, 0.2) is 6.39 Å². The number of carbonyl (C=O) groups excluding carboxylic acids is 1. The summed E-state index contributed by atoms with van der Waals surface area (Å²) in [6, 6.07) is 0. The van der Waals surface area contributed by atoms with Crippen LogP contribution in [0.15, 0.2) is 10.8 Å². The van der Waals surface area contributed by atoms with Crippen molar-refractivity contribution in [2.75, 3.05) is 5.33 Å². The smallest absolute Gasteiger partial charge is 0.289 e. The maximum absolute atomic E-state index is 12.2. The number of hydrogen-bond acceptors (Lipinski definition) is 3. The summed E-state index contributed by atoms with van der Waals surface area (Å²) in [6.45, 7) is 4.02. The van der Waals surface area contributed by atoms with E-state index in [0.717, 1.165) is 24.6 Å². The molecular weight excluding hydrogens is 296 g/mol. The summed E-state index contributed by atoms with van der Waals surface area (Å²) in [5, 5.41) is 3.92. The Morgan fingerprint density at radius 1 is 1.72 bits per heavy atom. The van der Waals surface area contributed by atoms with E-state index < -0.39 is 0 Å². The Morgan fingerprint density at radius 2 is 2.50 bits per heavy atom. The van der Waals surface area contributed by atoms with Crippen molar-refractivity contribution >= 4 is 21.8 Å². The van der Waals surface area contributed by atoms with E-state index in [-0.39, 0.29) is 11.4 Å². The third-order valence-corrected chi connectivity index (χ3v) is 4.75. The highest BCUT2D eigenvalue weighted by Crippen LogP contribution is 2.33. The molecule has 1 fully saturated rings. The van der Waals surface area contributed by atoms with Crippen LogP contribution in [-0.4, -0.2) is 21.8 Å². The second-order valence-electron chi connectivity index (χ2n) is 5.34. The minimum Gasteiger partial charge on any atom is -0.438 e. The second kappa shape index (κ2) is 5.43. The van der Waals surface area contributed by atoms with Gasteiger partial charge in [0.1, 0.15) is 0 Å². The van der Waals surface area contributed by atoms with Gasteiger partial charge < -0.3 is 9.73 Å². The fraction of sp³-hybridized carbons (Fsp3) is 0.692. The predicted molar refractivity (Wildman–Crippen MR) is 72.9 cm³/mol. The monoisotopic (exact) mass is 314 g/mol. The summed E-state index contributed by atoms with van der Waals surface area (Å²) in [7, 11) is 0. The number of amides is 1. The summed E-state index contributed by atoms with van der Waals surface area (Å²) in [6.07, 6.45) is 5.74. The normalized spacial score (nSPS) is 28.1. The van der Waals surface area contributed by atoms with Gasteiger partial charge >= 0.3 is 0 Å². The van der Waals surface area contributed by atoms with Crippen LogP contribution >= 0.6 is 15.9 Å². The maximum Gasteiger partial charge on any atom is 0.289 e. The molecule has 18 heavy (non-hydrogen) atoms. The van der Waals surface area contributed by atoms with Crippen molar-refractivity contribution in [3.05, 3.63) is 17.8 Å². The van der Waals surface area contributed by atoms with E-state index in [0.29, 0.717) is 17.4 Å². The molecule has 1 amide bonds. The maximum atomic E-state index is 12.2. The summed E-state index contributed by atoms with van der Waals surface area (Å²) in [4.78, 5) is 16.2. The molecule has 0 saturated heterocycles. The number of aromatic nitrogens is 1. The van der Waals surface area contributed by atoms with E-state index >= 15 is 0 Å². The zero-order valence-electron chi connectivity index (χ0n) is 10.8. The fourth-order valence-corrected chi connectivity index (χ4v) is 3.40.